The number of nitrogens with one attached hydrogen (secondary N) is 1. The minimum absolute atomic E-state index is 0.0564. The van der Waals surface area contributed by atoms with Crippen molar-refractivity contribution in [2.45, 2.75) is 57.8 Å². The Bertz CT molecular complexity index is 698. The number of carbonyl (C=O) groups is 1. The largest absolute Gasteiger partial charge is 0.475 e. The summed E-state index contributed by atoms with van der Waals surface area (Å²) in [6.07, 6.45) is 8.50. The first-order valence-corrected chi connectivity index (χ1v) is 8.97. The van der Waals surface area contributed by atoms with E-state index in [9.17, 15) is 4.79 Å². The third-order valence-electron chi connectivity index (χ3n) is 4.18. The van der Waals surface area contributed by atoms with E-state index in [2.05, 4.69) is 20.3 Å². The lowest BCUT2D eigenvalue weighted by Crippen LogP contribution is -2.39. The predicted molar refractivity (Wildman–Crippen MR) is 96.2 cm³/mol. The van der Waals surface area contributed by atoms with E-state index in [1.54, 1.807) is 36.8 Å². The molecule has 0 aromatic carbocycles. The SMILES string of the molecule is CC(C)Oc1ccc(C(=O)NC2CCC(Oc3ncccn3)CC2)cn1. The van der Waals surface area contributed by atoms with Crippen LogP contribution in [0.5, 0.6) is 11.9 Å². The van der Waals surface area contributed by atoms with E-state index in [1.807, 2.05) is 13.8 Å². The average molecular weight is 356 g/mol. The van der Waals surface area contributed by atoms with Gasteiger partial charge in [-0.3, -0.25) is 4.79 Å². The van der Waals surface area contributed by atoms with Gasteiger partial charge in [0.25, 0.3) is 5.91 Å². The van der Waals surface area contributed by atoms with Gasteiger partial charge in [-0.1, -0.05) is 0 Å². The van der Waals surface area contributed by atoms with E-state index < -0.39 is 0 Å². The number of aromatic nitrogens is 3. The quantitative estimate of drug-likeness (QED) is 0.856. The highest BCUT2D eigenvalue weighted by molar-refractivity contribution is 5.94. The average Bonchev–Trinajstić information content (AvgIpc) is 2.64. The van der Waals surface area contributed by atoms with Crippen molar-refractivity contribution >= 4 is 5.91 Å². The number of hydrogen-bond acceptors (Lipinski definition) is 6. The van der Waals surface area contributed by atoms with Crippen LogP contribution in [0, 0.1) is 0 Å². The van der Waals surface area contributed by atoms with Gasteiger partial charge in [-0.2, -0.15) is 0 Å². The molecule has 0 atom stereocenters. The summed E-state index contributed by atoms with van der Waals surface area (Å²) in [5.74, 6) is 0.418. The van der Waals surface area contributed by atoms with E-state index in [0.717, 1.165) is 25.7 Å². The van der Waals surface area contributed by atoms with Gasteiger partial charge < -0.3 is 14.8 Å². The van der Waals surface area contributed by atoms with Crippen LogP contribution in [0.1, 0.15) is 49.9 Å². The molecule has 7 nitrogen and oxygen atoms in total. The molecule has 0 spiro atoms. The lowest BCUT2D eigenvalue weighted by molar-refractivity contribution is 0.0884. The van der Waals surface area contributed by atoms with Crippen molar-refractivity contribution < 1.29 is 14.3 Å². The van der Waals surface area contributed by atoms with Gasteiger partial charge in [0.05, 0.1) is 11.7 Å². The molecule has 1 amide bonds. The van der Waals surface area contributed by atoms with Crippen LogP contribution in [-0.4, -0.2) is 39.1 Å². The summed E-state index contributed by atoms with van der Waals surface area (Å²) in [4.78, 5) is 24.7. The standard InChI is InChI=1S/C19H24N4O3/c1-13(2)25-17-9-4-14(12-22-17)18(24)23-15-5-7-16(8-6-15)26-19-20-10-3-11-21-19/h3-4,9-13,15-16H,5-8H2,1-2H3,(H,23,24). The Morgan fingerprint density at radius 1 is 1.12 bits per heavy atom. The van der Waals surface area contributed by atoms with Gasteiger partial charge in [-0.25, -0.2) is 15.0 Å². The van der Waals surface area contributed by atoms with E-state index in [1.165, 1.54) is 0 Å². The fourth-order valence-corrected chi connectivity index (χ4v) is 2.91. The molecule has 1 fully saturated rings. The lowest BCUT2D eigenvalue weighted by Gasteiger charge is -2.28. The van der Waals surface area contributed by atoms with Gasteiger partial charge in [-0.15, -0.1) is 0 Å². The van der Waals surface area contributed by atoms with Gasteiger partial charge in [0.1, 0.15) is 6.10 Å². The van der Waals surface area contributed by atoms with Gasteiger partial charge in [0, 0.05) is 30.7 Å². The van der Waals surface area contributed by atoms with E-state index in [0.29, 0.717) is 17.5 Å². The van der Waals surface area contributed by atoms with Crippen molar-refractivity contribution in [3.8, 4) is 11.9 Å². The maximum Gasteiger partial charge on any atom is 0.316 e. The Morgan fingerprint density at radius 2 is 1.85 bits per heavy atom. The normalized spacial score (nSPS) is 19.8. The van der Waals surface area contributed by atoms with E-state index in [4.69, 9.17) is 9.47 Å². The number of pyridine rings is 1. The number of hydrogen-bond donors (Lipinski definition) is 1. The van der Waals surface area contributed by atoms with Gasteiger partial charge >= 0.3 is 6.01 Å². The fraction of sp³-hybridized carbons (Fsp3) is 0.474. The van der Waals surface area contributed by atoms with E-state index >= 15 is 0 Å². The third kappa shape index (κ3) is 5.15. The number of carbonyl (C=O) groups excluding carboxylic acids is 1. The number of ether oxygens (including phenoxy) is 2. The van der Waals surface area contributed by atoms with Gasteiger partial charge in [0.15, 0.2) is 0 Å². The maximum absolute atomic E-state index is 12.4. The molecule has 0 bridgehead atoms. The Balaban J connectivity index is 1.46. The minimum Gasteiger partial charge on any atom is -0.475 e. The molecule has 1 aliphatic carbocycles. The van der Waals surface area contributed by atoms with Crippen molar-refractivity contribution in [1.82, 2.24) is 20.3 Å². The molecular formula is C19H24N4O3. The smallest absolute Gasteiger partial charge is 0.316 e. The summed E-state index contributed by atoms with van der Waals surface area (Å²) in [7, 11) is 0. The number of amides is 1. The van der Waals surface area contributed by atoms with Crippen molar-refractivity contribution in [2.24, 2.45) is 0 Å². The maximum atomic E-state index is 12.4. The molecule has 3 rings (SSSR count). The second-order valence-electron chi connectivity index (χ2n) is 6.65. The zero-order valence-corrected chi connectivity index (χ0v) is 15.1. The first kappa shape index (κ1) is 18.1. The minimum atomic E-state index is -0.107. The second-order valence-corrected chi connectivity index (χ2v) is 6.65. The Labute approximate surface area is 153 Å². The van der Waals surface area contributed by atoms with Crippen molar-refractivity contribution in [3.63, 3.8) is 0 Å². The number of nitrogens with zero attached hydrogens (tertiary/aromatic N) is 3. The fourth-order valence-electron chi connectivity index (χ4n) is 2.91. The molecule has 1 aliphatic rings. The third-order valence-corrected chi connectivity index (χ3v) is 4.18. The highest BCUT2D eigenvalue weighted by Crippen LogP contribution is 2.22. The lowest BCUT2D eigenvalue weighted by atomic mass is 9.93. The van der Waals surface area contributed by atoms with Crippen LogP contribution in [0.15, 0.2) is 36.8 Å². The molecule has 1 N–H and O–H groups in total. The molecule has 7 heteroatoms. The summed E-state index contributed by atoms with van der Waals surface area (Å²) >= 11 is 0. The Kier molecular flexibility index (Phi) is 5.99. The van der Waals surface area contributed by atoms with Crippen LogP contribution in [0.2, 0.25) is 0 Å². The predicted octanol–water partition coefficient (Wildman–Crippen LogP) is 2.78. The molecule has 2 aromatic rings. The zero-order valence-electron chi connectivity index (χ0n) is 15.1. The Morgan fingerprint density at radius 3 is 2.46 bits per heavy atom. The second kappa shape index (κ2) is 8.60. The van der Waals surface area contributed by atoms with Crippen molar-refractivity contribution in [3.05, 3.63) is 42.4 Å². The van der Waals surface area contributed by atoms with Gasteiger partial charge in [-0.05, 0) is 51.7 Å². The highest BCUT2D eigenvalue weighted by Gasteiger charge is 2.24. The van der Waals surface area contributed by atoms with Crippen LogP contribution >= 0.6 is 0 Å². The molecule has 0 unspecified atom stereocenters. The van der Waals surface area contributed by atoms with E-state index in [-0.39, 0.29) is 24.2 Å². The topological polar surface area (TPSA) is 86.2 Å². The van der Waals surface area contributed by atoms with Crippen molar-refractivity contribution in [2.75, 3.05) is 0 Å². The zero-order chi connectivity index (χ0) is 18.4. The number of rotatable bonds is 6. The molecule has 0 radical (unpaired) electrons. The molecular weight excluding hydrogens is 332 g/mol. The molecule has 138 valence electrons. The summed E-state index contributed by atoms with van der Waals surface area (Å²) in [5.41, 5.74) is 0.539. The summed E-state index contributed by atoms with van der Waals surface area (Å²) in [5, 5.41) is 3.07. The first-order chi connectivity index (χ1) is 12.6. The monoisotopic (exact) mass is 356 g/mol. The summed E-state index contributed by atoms with van der Waals surface area (Å²) in [6.45, 7) is 3.87. The molecule has 0 saturated heterocycles. The summed E-state index contributed by atoms with van der Waals surface area (Å²) in [6, 6.07) is 5.77. The van der Waals surface area contributed by atoms with Crippen LogP contribution in [0.3, 0.4) is 0 Å². The van der Waals surface area contributed by atoms with Crippen molar-refractivity contribution in [1.29, 1.82) is 0 Å². The summed E-state index contributed by atoms with van der Waals surface area (Å²) < 4.78 is 11.3. The first-order valence-electron chi connectivity index (χ1n) is 8.97. The van der Waals surface area contributed by atoms with Crippen LogP contribution < -0.4 is 14.8 Å². The molecule has 2 aromatic heterocycles. The molecule has 2 heterocycles. The molecule has 1 saturated carbocycles. The molecule has 26 heavy (non-hydrogen) atoms. The van der Waals surface area contributed by atoms with Gasteiger partial charge in [0.2, 0.25) is 5.88 Å². The molecule has 0 aliphatic heterocycles. The van der Waals surface area contributed by atoms with Crippen LogP contribution in [-0.2, 0) is 0 Å². The van der Waals surface area contributed by atoms with Crippen LogP contribution in [0.25, 0.3) is 0 Å². The highest BCUT2D eigenvalue weighted by atomic mass is 16.5. The Hall–Kier alpha value is -2.70. The van der Waals surface area contributed by atoms with Crippen LogP contribution in [0.4, 0.5) is 0 Å².